The van der Waals surface area contributed by atoms with Gasteiger partial charge in [-0.1, -0.05) is 32.1 Å². The first-order valence-corrected chi connectivity index (χ1v) is 8.15. The summed E-state index contributed by atoms with van der Waals surface area (Å²) in [5.74, 6) is 0.674. The average molecular weight is 276 g/mol. The molecule has 0 bridgehead atoms. The van der Waals surface area contributed by atoms with E-state index >= 15 is 0 Å². The number of nitrogens with zero attached hydrogens (tertiary/aromatic N) is 2. The second-order valence-corrected chi connectivity index (χ2v) is 6.38. The van der Waals surface area contributed by atoms with Crippen LogP contribution in [0.15, 0.2) is 17.8 Å². The molecule has 0 aliphatic heterocycles. The van der Waals surface area contributed by atoms with E-state index in [1.165, 1.54) is 32.1 Å². The lowest BCUT2D eigenvalue weighted by Crippen LogP contribution is -2.18. The molecule has 2 aromatic rings. The van der Waals surface area contributed by atoms with Crippen molar-refractivity contribution in [2.45, 2.75) is 51.4 Å². The maximum absolute atomic E-state index is 12.4. The Morgan fingerprint density at radius 2 is 2.00 bits per heavy atom. The molecule has 0 unspecified atom stereocenters. The van der Waals surface area contributed by atoms with E-state index < -0.39 is 0 Å². The van der Waals surface area contributed by atoms with Gasteiger partial charge in [-0.05, 0) is 12.8 Å². The van der Waals surface area contributed by atoms with Crippen LogP contribution in [0.5, 0.6) is 0 Å². The molecule has 4 heteroatoms. The summed E-state index contributed by atoms with van der Waals surface area (Å²) < 4.78 is 2.01. The van der Waals surface area contributed by atoms with Crippen molar-refractivity contribution < 1.29 is 4.79 Å². The van der Waals surface area contributed by atoms with Gasteiger partial charge in [0.25, 0.3) is 0 Å². The molecule has 19 heavy (non-hydrogen) atoms. The summed E-state index contributed by atoms with van der Waals surface area (Å²) in [4.78, 5) is 17.9. The molecule has 3 nitrogen and oxygen atoms in total. The van der Waals surface area contributed by atoms with Crippen LogP contribution in [0.1, 0.15) is 50.6 Å². The van der Waals surface area contributed by atoms with Gasteiger partial charge in [-0.25, -0.2) is 4.98 Å². The third-order valence-corrected chi connectivity index (χ3v) is 4.83. The van der Waals surface area contributed by atoms with Gasteiger partial charge in [0.2, 0.25) is 0 Å². The van der Waals surface area contributed by atoms with Crippen molar-refractivity contribution in [1.82, 2.24) is 9.38 Å². The van der Waals surface area contributed by atoms with E-state index in [4.69, 9.17) is 0 Å². The number of imidazole rings is 1. The highest BCUT2D eigenvalue weighted by molar-refractivity contribution is 7.15. The number of Topliss-reactive ketones (excluding diaryl/α,β-unsaturated/α-hetero) is 1. The van der Waals surface area contributed by atoms with Gasteiger partial charge >= 0.3 is 0 Å². The number of aromatic nitrogens is 2. The van der Waals surface area contributed by atoms with Gasteiger partial charge in [-0.2, -0.15) is 0 Å². The van der Waals surface area contributed by atoms with Crippen LogP contribution in [0.25, 0.3) is 4.96 Å². The van der Waals surface area contributed by atoms with Gasteiger partial charge in [-0.3, -0.25) is 9.20 Å². The number of rotatable bonds is 3. The Morgan fingerprint density at radius 3 is 2.74 bits per heavy atom. The molecule has 2 heterocycles. The summed E-state index contributed by atoms with van der Waals surface area (Å²) in [7, 11) is 0. The van der Waals surface area contributed by atoms with Crippen LogP contribution < -0.4 is 0 Å². The smallest absolute Gasteiger partial charge is 0.193 e. The lowest BCUT2D eigenvalue weighted by atomic mass is 9.87. The Morgan fingerprint density at radius 1 is 1.26 bits per heavy atom. The van der Waals surface area contributed by atoms with Crippen LogP contribution in [-0.2, 0) is 11.2 Å². The topological polar surface area (TPSA) is 34.4 Å². The zero-order valence-corrected chi connectivity index (χ0v) is 12.0. The zero-order chi connectivity index (χ0) is 13.1. The van der Waals surface area contributed by atoms with E-state index in [1.54, 1.807) is 11.3 Å². The van der Waals surface area contributed by atoms with Crippen LogP contribution in [0.3, 0.4) is 0 Å². The normalized spacial score (nSPS) is 18.3. The minimum absolute atomic E-state index is 0.278. The summed E-state index contributed by atoms with van der Waals surface area (Å²) in [5, 5.41) is 2.02. The third kappa shape index (κ3) is 3.06. The largest absolute Gasteiger partial charge is 0.299 e. The molecule has 0 N–H and O–H groups in total. The number of thiazole rings is 1. The second-order valence-electron chi connectivity index (χ2n) is 5.51. The van der Waals surface area contributed by atoms with E-state index in [2.05, 4.69) is 4.98 Å². The summed E-state index contributed by atoms with van der Waals surface area (Å²) in [6.07, 6.45) is 13.0. The molecule has 1 saturated carbocycles. The van der Waals surface area contributed by atoms with Crippen molar-refractivity contribution in [3.63, 3.8) is 0 Å². The molecule has 0 aromatic carbocycles. The lowest BCUT2D eigenvalue weighted by Gasteiger charge is -2.17. The summed E-state index contributed by atoms with van der Waals surface area (Å²) in [6, 6.07) is 0. The summed E-state index contributed by atoms with van der Waals surface area (Å²) >= 11 is 1.62. The molecule has 0 amide bonds. The molecule has 0 radical (unpaired) electrons. The van der Waals surface area contributed by atoms with Crippen LogP contribution in [0.4, 0.5) is 0 Å². The Balaban J connectivity index is 1.64. The molecular formula is C15H20N2OS. The number of fused-ring (bicyclic) bond motifs is 1. The first-order valence-electron chi connectivity index (χ1n) is 7.27. The number of ketones is 1. The predicted octanol–water partition coefficient (Wildman–Crippen LogP) is 3.87. The van der Waals surface area contributed by atoms with Crippen molar-refractivity contribution in [3.8, 4) is 0 Å². The molecule has 102 valence electrons. The Hall–Kier alpha value is -1.16. The molecule has 1 fully saturated rings. The number of hydrogen-bond acceptors (Lipinski definition) is 3. The highest BCUT2D eigenvalue weighted by atomic mass is 32.1. The highest BCUT2D eigenvalue weighted by Gasteiger charge is 2.20. The van der Waals surface area contributed by atoms with Crippen molar-refractivity contribution in [2.75, 3.05) is 0 Å². The fraction of sp³-hybridized carbons (Fsp3) is 0.600. The third-order valence-electron chi connectivity index (χ3n) is 4.06. The van der Waals surface area contributed by atoms with Crippen LogP contribution >= 0.6 is 11.3 Å². The molecule has 1 aliphatic rings. The van der Waals surface area contributed by atoms with E-state index in [-0.39, 0.29) is 5.92 Å². The molecule has 0 spiro atoms. The van der Waals surface area contributed by atoms with Gasteiger partial charge < -0.3 is 0 Å². The van der Waals surface area contributed by atoms with Crippen LogP contribution in [0.2, 0.25) is 0 Å². The molecule has 1 aliphatic carbocycles. The highest BCUT2D eigenvalue weighted by Crippen LogP contribution is 2.24. The second kappa shape index (κ2) is 5.87. The Kier molecular flexibility index (Phi) is 3.97. The molecule has 2 aromatic heterocycles. The van der Waals surface area contributed by atoms with Gasteiger partial charge in [0.1, 0.15) is 5.78 Å². The quantitative estimate of drug-likeness (QED) is 0.853. The fourth-order valence-electron chi connectivity index (χ4n) is 2.96. The van der Waals surface area contributed by atoms with E-state index in [0.717, 1.165) is 23.5 Å². The fourth-order valence-corrected chi connectivity index (χ4v) is 3.68. The molecular weight excluding hydrogens is 256 g/mol. The van der Waals surface area contributed by atoms with Crippen molar-refractivity contribution in [1.29, 1.82) is 0 Å². The van der Waals surface area contributed by atoms with Gasteiger partial charge in [-0.15, -0.1) is 11.3 Å². The number of carbonyl (C=O) groups is 1. The van der Waals surface area contributed by atoms with Crippen molar-refractivity contribution in [3.05, 3.63) is 23.5 Å². The maximum atomic E-state index is 12.4. The molecule has 0 atom stereocenters. The van der Waals surface area contributed by atoms with Crippen molar-refractivity contribution >= 4 is 22.1 Å². The Labute approximate surface area is 117 Å². The first-order chi connectivity index (χ1) is 9.33. The van der Waals surface area contributed by atoms with E-state index in [9.17, 15) is 4.79 Å². The first kappa shape index (κ1) is 12.9. The van der Waals surface area contributed by atoms with Crippen LogP contribution in [-0.4, -0.2) is 15.2 Å². The summed E-state index contributed by atoms with van der Waals surface area (Å²) in [5.41, 5.74) is 0.930. The lowest BCUT2D eigenvalue weighted by molar-refractivity contribution is -0.122. The van der Waals surface area contributed by atoms with E-state index in [0.29, 0.717) is 12.2 Å². The van der Waals surface area contributed by atoms with Gasteiger partial charge in [0.15, 0.2) is 4.96 Å². The number of carbonyl (C=O) groups excluding carboxylic acids is 1. The van der Waals surface area contributed by atoms with Gasteiger partial charge in [0.05, 0.1) is 12.1 Å². The average Bonchev–Trinajstić information content (AvgIpc) is 2.88. The number of hydrogen-bond donors (Lipinski definition) is 0. The summed E-state index contributed by atoms with van der Waals surface area (Å²) in [6.45, 7) is 0. The molecule has 0 saturated heterocycles. The molecule has 3 rings (SSSR count). The monoisotopic (exact) mass is 276 g/mol. The maximum Gasteiger partial charge on any atom is 0.193 e. The minimum Gasteiger partial charge on any atom is -0.299 e. The van der Waals surface area contributed by atoms with Crippen molar-refractivity contribution in [2.24, 2.45) is 5.92 Å². The standard InChI is InChI=1S/C15H20N2OS/c18-14(12-6-4-2-1-3-5-7-12)10-13-11-17-8-9-19-15(17)16-13/h8-9,11-12H,1-7,10H2. The van der Waals surface area contributed by atoms with Crippen LogP contribution in [0, 0.1) is 5.92 Å². The van der Waals surface area contributed by atoms with Gasteiger partial charge in [0, 0.05) is 23.7 Å². The minimum atomic E-state index is 0.278. The zero-order valence-electron chi connectivity index (χ0n) is 11.2. The predicted molar refractivity (Wildman–Crippen MR) is 77.6 cm³/mol. The van der Waals surface area contributed by atoms with E-state index in [1.807, 2.05) is 22.2 Å². The Bertz CT molecular complexity index is 521. The SMILES string of the molecule is O=C(Cc1cn2ccsc2n1)C1CCCCCCC1.